The Hall–Kier alpha value is -0.720. The Morgan fingerprint density at radius 3 is 2.10 bits per heavy atom. The third-order valence-corrected chi connectivity index (χ3v) is 1.77. The predicted octanol–water partition coefficient (Wildman–Crippen LogP) is 2.75. The van der Waals surface area contributed by atoms with Crippen LogP contribution in [0, 0.1) is 13.8 Å². The van der Waals surface area contributed by atoms with Crippen molar-refractivity contribution < 1.29 is 0 Å². The quantitative estimate of drug-likeness (QED) is 0.612. The minimum absolute atomic E-state index is 0.619. The van der Waals surface area contributed by atoms with Crippen LogP contribution < -0.4 is 0 Å². The monoisotopic (exact) mass is 137 g/mol. The summed E-state index contributed by atoms with van der Waals surface area (Å²) >= 11 is 0. The van der Waals surface area contributed by atoms with Crippen LogP contribution in [0.3, 0.4) is 0 Å². The number of aromatic amines is 1. The maximum Gasteiger partial charge on any atom is 0.0204 e. The predicted molar refractivity (Wildman–Crippen MR) is 44.4 cm³/mol. The maximum atomic E-state index is 3.34. The highest BCUT2D eigenvalue weighted by molar-refractivity contribution is 5.25. The van der Waals surface area contributed by atoms with E-state index >= 15 is 0 Å². The lowest BCUT2D eigenvalue weighted by Crippen LogP contribution is -1.89. The average molecular weight is 137 g/mol. The molecule has 1 aromatic rings. The van der Waals surface area contributed by atoms with Crippen molar-refractivity contribution in [2.24, 2.45) is 0 Å². The van der Waals surface area contributed by atoms with Gasteiger partial charge in [-0.1, -0.05) is 13.8 Å². The molecule has 0 saturated carbocycles. The van der Waals surface area contributed by atoms with Crippen LogP contribution in [0.2, 0.25) is 0 Å². The summed E-state index contributed by atoms with van der Waals surface area (Å²) in [6.45, 7) is 8.66. The van der Waals surface area contributed by atoms with Gasteiger partial charge < -0.3 is 4.98 Å². The second-order valence-corrected chi connectivity index (χ2v) is 3.20. The van der Waals surface area contributed by atoms with Crippen LogP contribution in [-0.4, -0.2) is 4.98 Å². The Labute approximate surface area is 62.5 Å². The van der Waals surface area contributed by atoms with Gasteiger partial charge in [-0.25, -0.2) is 0 Å². The van der Waals surface area contributed by atoms with Crippen LogP contribution in [0.1, 0.15) is 36.7 Å². The number of hydrogen-bond donors (Lipinski definition) is 1. The van der Waals surface area contributed by atoms with Crippen molar-refractivity contribution in [2.45, 2.75) is 33.6 Å². The molecule has 0 saturated heterocycles. The van der Waals surface area contributed by atoms with Gasteiger partial charge in [-0.05, 0) is 31.4 Å². The largest absolute Gasteiger partial charge is 0.362 e. The van der Waals surface area contributed by atoms with E-state index in [9.17, 15) is 0 Å². The number of rotatable bonds is 1. The van der Waals surface area contributed by atoms with Crippen LogP contribution in [0.4, 0.5) is 0 Å². The van der Waals surface area contributed by atoms with Gasteiger partial charge in [0.1, 0.15) is 0 Å². The van der Waals surface area contributed by atoms with E-state index < -0.39 is 0 Å². The van der Waals surface area contributed by atoms with E-state index in [0.29, 0.717) is 5.92 Å². The molecule has 0 amide bonds. The first kappa shape index (κ1) is 7.39. The van der Waals surface area contributed by atoms with Crippen LogP contribution in [0.25, 0.3) is 0 Å². The summed E-state index contributed by atoms with van der Waals surface area (Å²) in [4.78, 5) is 3.34. The van der Waals surface area contributed by atoms with Crippen molar-refractivity contribution in [1.82, 2.24) is 4.98 Å². The lowest BCUT2D eigenvalue weighted by molar-refractivity contribution is 0.820. The van der Waals surface area contributed by atoms with E-state index in [1.807, 2.05) is 0 Å². The normalized spacial score (nSPS) is 10.9. The van der Waals surface area contributed by atoms with Crippen molar-refractivity contribution in [3.05, 3.63) is 23.0 Å². The van der Waals surface area contributed by atoms with Gasteiger partial charge in [-0.3, -0.25) is 0 Å². The molecule has 1 heteroatoms. The number of nitrogens with one attached hydrogen (secondary N) is 1. The smallest absolute Gasteiger partial charge is 0.0204 e. The molecule has 0 atom stereocenters. The van der Waals surface area contributed by atoms with E-state index in [1.54, 1.807) is 0 Å². The maximum absolute atomic E-state index is 3.34. The Kier molecular flexibility index (Phi) is 1.84. The number of H-pyrrole nitrogens is 1. The van der Waals surface area contributed by atoms with Crippen molar-refractivity contribution >= 4 is 0 Å². The summed E-state index contributed by atoms with van der Waals surface area (Å²) in [5, 5.41) is 0. The highest BCUT2D eigenvalue weighted by Crippen LogP contribution is 2.17. The van der Waals surface area contributed by atoms with Gasteiger partial charge in [0.25, 0.3) is 0 Å². The first-order valence-electron chi connectivity index (χ1n) is 3.77. The molecule has 0 unspecified atom stereocenters. The fraction of sp³-hybridized carbons (Fsp3) is 0.556. The first-order valence-corrected chi connectivity index (χ1v) is 3.77. The molecule has 0 aliphatic carbocycles. The van der Waals surface area contributed by atoms with Crippen molar-refractivity contribution in [3.8, 4) is 0 Å². The molecule has 0 radical (unpaired) electrons. The molecule has 0 aromatic carbocycles. The van der Waals surface area contributed by atoms with Gasteiger partial charge in [-0.15, -0.1) is 0 Å². The first-order chi connectivity index (χ1) is 4.61. The van der Waals surface area contributed by atoms with Crippen LogP contribution in [-0.2, 0) is 0 Å². The summed E-state index contributed by atoms with van der Waals surface area (Å²) in [5.41, 5.74) is 4.02. The summed E-state index contributed by atoms with van der Waals surface area (Å²) in [5.74, 6) is 0.619. The fourth-order valence-electron chi connectivity index (χ4n) is 1.35. The summed E-state index contributed by atoms with van der Waals surface area (Å²) in [6.07, 6.45) is 0. The number of aromatic nitrogens is 1. The van der Waals surface area contributed by atoms with E-state index in [0.717, 1.165) is 0 Å². The molecule has 0 bridgehead atoms. The van der Waals surface area contributed by atoms with Crippen molar-refractivity contribution in [2.75, 3.05) is 0 Å². The Morgan fingerprint density at radius 1 is 1.30 bits per heavy atom. The zero-order chi connectivity index (χ0) is 7.72. The van der Waals surface area contributed by atoms with E-state index in [1.165, 1.54) is 17.0 Å². The standard InChI is InChI=1S/C9H15N/c1-6(2)9-7(3)5-8(4)10-9/h5-6,10H,1-4H3. The Balaban J connectivity index is 3.03. The zero-order valence-electron chi connectivity index (χ0n) is 7.15. The molecule has 1 aromatic heterocycles. The summed E-state index contributed by atoms with van der Waals surface area (Å²) < 4.78 is 0. The van der Waals surface area contributed by atoms with Crippen LogP contribution in [0.15, 0.2) is 6.07 Å². The van der Waals surface area contributed by atoms with Crippen LogP contribution in [0.5, 0.6) is 0 Å². The third kappa shape index (κ3) is 1.23. The Morgan fingerprint density at radius 2 is 1.90 bits per heavy atom. The fourth-order valence-corrected chi connectivity index (χ4v) is 1.35. The topological polar surface area (TPSA) is 15.8 Å². The second-order valence-electron chi connectivity index (χ2n) is 3.20. The van der Waals surface area contributed by atoms with Crippen molar-refractivity contribution in [1.29, 1.82) is 0 Å². The zero-order valence-corrected chi connectivity index (χ0v) is 7.15. The molecule has 1 heterocycles. The van der Waals surface area contributed by atoms with Crippen LogP contribution >= 0.6 is 0 Å². The molecule has 56 valence electrons. The molecular weight excluding hydrogens is 122 g/mol. The molecule has 1 rings (SSSR count). The SMILES string of the molecule is Cc1cc(C)c(C(C)C)[nH]1. The van der Waals surface area contributed by atoms with Gasteiger partial charge in [0.15, 0.2) is 0 Å². The van der Waals surface area contributed by atoms with Gasteiger partial charge >= 0.3 is 0 Å². The molecule has 1 nitrogen and oxygen atoms in total. The number of hydrogen-bond acceptors (Lipinski definition) is 0. The highest BCUT2D eigenvalue weighted by Gasteiger charge is 2.04. The van der Waals surface area contributed by atoms with E-state index in [-0.39, 0.29) is 0 Å². The number of aryl methyl sites for hydroxylation is 2. The molecule has 0 fully saturated rings. The second kappa shape index (κ2) is 2.49. The lowest BCUT2D eigenvalue weighted by Gasteiger charge is -2.01. The summed E-state index contributed by atoms with van der Waals surface area (Å²) in [7, 11) is 0. The molecule has 1 N–H and O–H groups in total. The Bertz CT molecular complexity index is 221. The van der Waals surface area contributed by atoms with E-state index in [2.05, 4.69) is 38.7 Å². The molecule has 0 aliphatic rings. The molecule has 0 aliphatic heterocycles. The van der Waals surface area contributed by atoms with Gasteiger partial charge in [-0.2, -0.15) is 0 Å². The van der Waals surface area contributed by atoms with Gasteiger partial charge in [0.05, 0.1) is 0 Å². The van der Waals surface area contributed by atoms with Gasteiger partial charge in [0.2, 0.25) is 0 Å². The minimum atomic E-state index is 0.619. The van der Waals surface area contributed by atoms with Crippen molar-refractivity contribution in [3.63, 3.8) is 0 Å². The molecular formula is C9H15N. The third-order valence-electron chi connectivity index (χ3n) is 1.77. The van der Waals surface area contributed by atoms with Gasteiger partial charge in [0, 0.05) is 11.4 Å². The summed E-state index contributed by atoms with van der Waals surface area (Å²) in [6, 6.07) is 2.19. The highest BCUT2D eigenvalue weighted by atomic mass is 14.7. The van der Waals surface area contributed by atoms with E-state index in [4.69, 9.17) is 0 Å². The lowest BCUT2D eigenvalue weighted by atomic mass is 10.1. The minimum Gasteiger partial charge on any atom is -0.362 e. The molecule has 10 heavy (non-hydrogen) atoms. The molecule has 0 spiro atoms. The average Bonchev–Trinajstić information content (AvgIpc) is 2.10.